The fraction of sp³-hybridized carbons (Fsp3) is 0.375. The van der Waals surface area contributed by atoms with Gasteiger partial charge in [0.2, 0.25) is 5.91 Å². The van der Waals surface area contributed by atoms with Gasteiger partial charge in [-0.1, -0.05) is 79.7 Å². The Balaban J connectivity index is 1.59. The average Bonchev–Trinajstić information content (AvgIpc) is 2.75. The molecule has 1 N–H and O–H groups in total. The summed E-state index contributed by atoms with van der Waals surface area (Å²) in [5.41, 5.74) is 0.982. The molecule has 2 aromatic carbocycles. The molecule has 5 nitrogen and oxygen atoms in total. The highest BCUT2D eigenvalue weighted by molar-refractivity contribution is 7.99. The zero-order valence-corrected chi connectivity index (χ0v) is 18.9. The molecule has 1 amide bonds. The Morgan fingerprint density at radius 2 is 1.71 bits per heavy atom. The second-order valence-corrected chi connectivity index (χ2v) is 9.25. The Morgan fingerprint density at radius 3 is 2.48 bits per heavy atom. The van der Waals surface area contributed by atoms with E-state index in [1.54, 1.807) is 18.2 Å². The summed E-state index contributed by atoms with van der Waals surface area (Å²) in [6.07, 6.45) is 8.18. The molecule has 162 valence electrons. The summed E-state index contributed by atoms with van der Waals surface area (Å²) in [6, 6.07) is 14.7. The highest BCUT2D eigenvalue weighted by Gasteiger charge is 2.18. The van der Waals surface area contributed by atoms with E-state index in [0.29, 0.717) is 26.8 Å². The van der Waals surface area contributed by atoms with Crippen molar-refractivity contribution >= 4 is 40.2 Å². The lowest BCUT2D eigenvalue weighted by Crippen LogP contribution is -2.36. The van der Waals surface area contributed by atoms with E-state index in [-0.39, 0.29) is 23.3 Å². The highest BCUT2D eigenvalue weighted by atomic mass is 35.5. The van der Waals surface area contributed by atoms with Crippen molar-refractivity contribution in [1.82, 2.24) is 14.9 Å². The second kappa shape index (κ2) is 10.3. The van der Waals surface area contributed by atoms with Gasteiger partial charge in [-0.25, -0.2) is 4.98 Å². The molecule has 7 heteroatoms. The molecule has 1 saturated carbocycles. The van der Waals surface area contributed by atoms with Crippen LogP contribution < -0.4 is 10.9 Å². The van der Waals surface area contributed by atoms with Crippen molar-refractivity contribution in [3.05, 3.63) is 63.9 Å². The predicted octanol–water partition coefficient (Wildman–Crippen LogP) is 5.36. The van der Waals surface area contributed by atoms with Crippen molar-refractivity contribution < 1.29 is 4.79 Å². The maximum atomic E-state index is 13.3. The van der Waals surface area contributed by atoms with Crippen LogP contribution in [0.4, 0.5) is 0 Å². The van der Waals surface area contributed by atoms with Crippen LogP contribution in [0, 0.1) is 0 Å². The topological polar surface area (TPSA) is 64.0 Å². The van der Waals surface area contributed by atoms with E-state index in [1.807, 2.05) is 30.3 Å². The Labute approximate surface area is 191 Å². The number of aromatic nitrogens is 2. The number of benzene rings is 2. The third-order valence-electron chi connectivity index (χ3n) is 5.64. The average molecular weight is 456 g/mol. The monoisotopic (exact) mass is 455 g/mol. The summed E-state index contributed by atoms with van der Waals surface area (Å²) < 4.78 is 1.51. The minimum atomic E-state index is -0.193. The molecule has 1 aromatic heterocycles. The normalized spacial score (nSPS) is 15.4. The molecular formula is C24H26ClN3O2S. The first-order chi connectivity index (χ1) is 15.1. The lowest BCUT2D eigenvalue weighted by Gasteiger charge is -2.21. The van der Waals surface area contributed by atoms with E-state index in [2.05, 4.69) is 10.3 Å². The largest absolute Gasteiger partial charge is 0.353 e. The van der Waals surface area contributed by atoms with Gasteiger partial charge in [0.1, 0.15) is 0 Å². The quantitative estimate of drug-likeness (QED) is 0.415. The zero-order valence-electron chi connectivity index (χ0n) is 17.4. The second-order valence-electron chi connectivity index (χ2n) is 7.90. The van der Waals surface area contributed by atoms with Gasteiger partial charge in [-0.05, 0) is 37.1 Å². The SMILES string of the molecule is O=C(CSc1nc2ccccc2c(=O)n1-c1ccccc1Cl)NC1CCCCCCC1. The fourth-order valence-electron chi connectivity index (χ4n) is 4.05. The molecule has 0 aliphatic heterocycles. The first kappa shape index (κ1) is 21.9. The Bertz CT molecular complexity index is 1120. The van der Waals surface area contributed by atoms with Crippen LogP contribution in [0.3, 0.4) is 0 Å². The number of nitrogens with one attached hydrogen (secondary N) is 1. The van der Waals surface area contributed by atoms with Crippen molar-refractivity contribution in [2.45, 2.75) is 56.1 Å². The number of halogens is 1. The minimum absolute atomic E-state index is 0.0244. The minimum Gasteiger partial charge on any atom is -0.353 e. The number of hydrogen-bond acceptors (Lipinski definition) is 4. The number of nitrogens with zero attached hydrogens (tertiary/aromatic N) is 2. The Morgan fingerprint density at radius 1 is 1.03 bits per heavy atom. The predicted molar refractivity (Wildman–Crippen MR) is 127 cm³/mol. The van der Waals surface area contributed by atoms with E-state index in [0.717, 1.165) is 25.7 Å². The molecule has 0 saturated heterocycles. The van der Waals surface area contributed by atoms with Crippen LogP contribution in [0.15, 0.2) is 58.5 Å². The molecule has 0 radical (unpaired) electrons. The first-order valence-corrected chi connectivity index (χ1v) is 12.2. The fourth-order valence-corrected chi connectivity index (χ4v) is 5.09. The van der Waals surface area contributed by atoms with Crippen LogP contribution in [0.2, 0.25) is 5.02 Å². The Hall–Kier alpha value is -2.31. The molecule has 1 heterocycles. The van der Waals surface area contributed by atoms with Gasteiger partial charge in [-0.3, -0.25) is 14.2 Å². The van der Waals surface area contributed by atoms with Crippen LogP contribution in [0.1, 0.15) is 44.9 Å². The Kier molecular flexibility index (Phi) is 7.30. The van der Waals surface area contributed by atoms with E-state index in [1.165, 1.54) is 35.6 Å². The number of carbonyl (C=O) groups is 1. The summed E-state index contributed by atoms with van der Waals surface area (Å²) in [5, 5.41) is 4.62. The molecule has 1 fully saturated rings. The van der Waals surface area contributed by atoms with Crippen LogP contribution in [0.5, 0.6) is 0 Å². The van der Waals surface area contributed by atoms with Crippen molar-refractivity contribution in [3.63, 3.8) is 0 Å². The number of carbonyl (C=O) groups excluding carboxylic acids is 1. The molecule has 1 aliphatic rings. The van der Waals surface area contributed by atoms with E-state index < -0.39 is 0 Å². The maximum absolute atomic E-state index is 13.3. The molecule has 0 spiro atoms. The lowest BCUT2D eigenvalue weighted by atomic mass is 9.97. The summed E-state index contributed by atoms with van der Waals surface area (Å²) in [7, 11) is 0. The van der Waals surface area contributed by atoms with Crippen molar-refractivity contribution in [2.24, 2.45) is 0 Å². The molecule has 0 bridgehead atoms. The summed E-state index contributed by atoms with van der Waals surface area (Å²) in [4.78, 5) is 30.6. The molecule has 0 atom stereocenters. The van der Waals surface area contributed by atoms with Gasteiger partial charge in [-0.15, -0.1) is 0 Å². The highest BCUT2D eigenvalue weighted by Crippen LogP contribution is 2.26. The van der Waals surface area contributed by atoms with Crippen LogP contribution in [-0.4, -0.2) is 27.3 Å². The third kappa shape index (κ3) is 5.31. The number of para-hydroxylation sites is 2. The molecular weight excluding hydrogens is 430 g/mol. The summed E-state index contributed by atoms with van der Waals surface area (Å²) >= 11 is 7.66. The van der Waals surface area contributed by atoms with E-state index in [9.17, 15) is 9.59 Å². The van der Waals surface area contributed by atoms with Crippen LogP contribution in [-0.2, 0) is 4.79 Å². The standard InChI is InChI=1S/C24H26ClN3O2S/c25-19-13-7-9-15-21(19)28-23(30)18-12-6-8-14-20(18)27-24(28)31-16-22(29)26-17-10-4-2-1-3-5-11-17/h6-9,12-15,17H,1-5,10-11,16H2,(H,26,29). The zero-order chi connectivity index (χ0) is 21.6. The van der Waals surface area contributed by atoms with Gasteiger partial charge in [0.15, 0.2) is 5.16 Å². The number of thioether (sulfide) groups is 1. The van der Waals surface area contributed by atoms with Gasteiger partial charge in [0, 0.05) is 6.04 Å². The van der Waals surface area contributed by atoms with Crippen LogP contribution in [0.25, 0.3) is 16.6 Å². The summed E-state index contributed by atoms with van der Waals surface area (Å²) in [5.74, 6) is 0.176. The van der Waals surface area contributed by atoms with Gasteiger partial charge < -0.3 is 5.32 Å². The molecule has 31 heavy (non-hydrogen) atoms. The van der Waals surface area contributed by atoms with Gasteiger partial charge in [0.05, 0.1) is 27.4 Å². The maximum Gasteiger partial charge on any atom is 0.266 e. The smallest absolute Gasteiger partial charge is 0.266 e. The van der Waals surface area contributed by atoms with E-state index in [4.69, 9.17) is 11.6 Å². The van der Waals surface area contributed by atoms with Crippen molar-refractivity contribution in [3.8, 4) is 5.69 Å². The number of hydrogen-bond donors (Lipinski definition) is 1. The van der Waals surface area contributed by atoms with Crippen molar-refractivity contribution in [2.75, 3.05) is 5.75 Å². The van der Waals surface area contributed by atoms with Crippen molar-refractivity contribution in [1.29, 1.82) is 0 Å². The third-order valence-corrected chi connectivity index (χ3v) is 6.90. The van der Waals surface area contributed by atoms with Gasteiger partial charge in [0.25, 0.3) is 5.56 Å². The number of rotatable bonds is 5. The summed E-state index contributed by atoms with van der Waals surface area (Å²) in [6.45, 7) is 0. The molecule has 0 unspecified atom stereocenters. The molecule has 1 aliphatic carbocycles. The molecule has 4 rings (SSSR count). The van der Waals surface area contributed by atoms with Crippen LogP contribution >= 0.6 is 23.4 Å². The lowest BCUT2D eigenvalue weighted by molar-refractivity contribution is -0.119. The number of fused-ring (bicyclic) bond motifs is 1. The van der Waals surface area contributed by atoms with E-state index >= 15 is 0 Å². The number of amides is 1. The van der Waals surface area contributed by atoms with Gasteiger partial charge >= 0.3 is 0 Å². The first-order valence-electron chi connectivity index (χ1n) is 10.8. The molecule has 3 aromatic rings. The van der Waals surface area contributed by atoms with Gasteiger partial charge in [-0.2, -0.15) is 0 Å².